The summed E-state index contributed by atoms with van der Waals surface area (Å²) < 4.78 is 0. The number of rotatable bonds is 5. The molecule has 6 nitrogen and oxygen atoms in total. The fourth-order valence-corrected chi connectivity index (χ4v) is 4.19. The van der Waals surface area contributed by atoms with Gasteiger partial charge in [-0.1, -0.05) is 57.2 Å². The van der Waals surface area contributed by atoms with E-state index in [1.54, 1.807) is 19.1 Å². The Bertz CT molecular complexity index is 1180. The van der Waals surface area contributed by atoms with Crippen LogP contribution in [0.15, 0.2) is 59.0 Å². The van der Waals surface area contributed by atoms with Crippen LogP contribution in [-0.2, 0) is 5.41 Å². The standard InChI is InChI=1S/C24H25N3O3S2.K/c1-14(26-27-23(31)25-18-7-5-6-16(12-18)22(29)30)19-13-32-21(20(19)28)15-8-10-17(11-9-15)24(2,3)4;/h5-13,28H,1-4H3,(H,29,30)(H2,25,27,31);/q;+1/p-1/b26-14+;. The quantitative estimate of drug-likeness (QED) is 0.211. The summed E-state index contributed by atoms with van der Waals surface area (Å²) in [6.07, 6.45) is 0. The third kappa shape index (κ3) is 7.19. The number of hydrogen-bond donors (Lipinski definition) is 3. The van der Waals surface area contributed by atoms with Crippen molar-refractivity contribution in [3.05, 3.63) is 70.6 Å². The van der Waals surface area contributed by atoms with E-state index in [2.05, 4.69) is 48.7 Å². The Morgan fingerprint density at radius 2 is 1.82 bits per heavy atom. The molecule has 0 unspecified atom stereocenters. The summed E-state index contributed by atoms with van der Waals surface area (Å²) in [6, 6.07) is 14.3. The van der Waals surface area contributed by atoms with Crippen molar-refractivity contribution in [2.24, 2.45) is 5.10 Å². The smallest absolute Gasteiger partial charge is 0.545 e. The normalized spacial score (nSPS) is 11.5. The summed E-state index contributed by atoms with van der Waals surface area (Å²) in [4.78, 5) is 11.7. The van der Waals surface area contributed by atoms with E-state index < -0.39 is 5.97 Å². The van der Waals surface area contributed by atoms with Gasteiger partial charge in [0.1, 0.15) is 5.75 Å². The van der Waals surface area contributed by atoms with E-state index in [1.807, 2.05) is 17.5 Å². The van der Waals surface area contributed by atoms with Crippen LogP contribution in [0, 0.1) is 0 Å². The minimum absolute atomic E-state index is 0. The van der Waals surface area contributed by atoms with Crippen LogP contribution in [-0.4, -0.2) is 21.9 Å². The zero-order chi connectivity index (χ0) is 23.5. The van der Waals surface area contributed by atoms with Crippen molar-refractivity contribution in [2.75, 3.05) is 5.32 Å². The van der Waals surface area contributed by atoms with Crippen LogP contribution in [0.3, 0.4) is 0 Å². The third-order valence-electron chi connectivity index (χ3n) is 4.85. The fraction of sp³-hybridized carbons (Fsp3) is 0.208. The Balaban J connectivity index is 0.00000385. The number of aromatic carboxylic acids is 1. The van der Waals surface area contributed by atoms with Gasteiger partial charge >= 0.3 is 51.4 Å². The van der Waals surface area contributed by atoms with E-state index in [0.29, 0.717) is 17.0 Å². The van der Waals surface area contributed by atoms with Gasteiger partial charge in [-0.3, -0.25) is 5.43 Å². The number of carbonyl (C=O) groups excluding carboxylic acids is 1. The first-order valence-corrected chi connectivity index (χ1v) is 11.2. The molecule has 0 bridgehead atoms. The molecule has 0 fully saturated rings. The summed E-state index contributed by atoms with van der Waals surface area (Å²) in [5.41, 5.74) is 6.66. The molecule has 3 rings (SSSR count). The van der Waals surface area contributed by atoms with Gasteiger partial charge in [0.2, 0.25) is 0 Å². The molecule has 0 saturated heterocycles. The van der Waals surface area contributed by atoms with Crippen LogP contribution < -0.4 is 67.2 Å². The zero-order valence-electron chi connectivity index (χ0n) is 19.2. The largest absolute Gasteiger partial charge is 1.00 e. The minimum Gasteiger partial charge on any atom is -0.545 e. The van der Waals surface area contributed by atoms with Crippen molar-refractivity contribution in [1.29, 1.82) is 0 Å². The van der Waals surface area contributed by atoms with E-state index in [0.717, 1.165) is 10.4 Å². The molecule has 3 N–H and O–H groups in total. The summed E-state index contributed by atoms with van der Waals surface area (Å²) in [6.45, 7) is 8.25. The molecule has 3 aromatic rings. The first kappa shape index (κ1) is 27.6. The number of thiophene rings is 1. The van der Waals surface area contributed by atoms with E-state index in [4.69, 9.17) is 12.2 Å². The zero-order valence-corrected chi connectivity index (χ0v) is 24.0. The van der Waals surface area contributed by atoms with Crippen molar-refractivity contribution >= 4 is 46.0 Å². The number of carboxylic acids is 1. The summed E-state index contributed by atoms with van der Waals surface area (Å²) in [7, 11) is 0. The second-order valence-corrected chi connectivity index (χ2v) is 9.57. The van der Waals surface area contributed by atoms with Crippen LogP contribution in [0.5, 0.6) is 5.75 Å². The summed E-state index contributed by atoms with van der Waals surface area (Å²) in [5.74, 6) is -1.10. The first-order valence-electron chi connectivity index (χ1n) is 9.90. The van der Waals surface area contributed by atoms with Crippen LogP contribution >= 0.6 is 23.6 Å². The number of aromatic hydroxyl groups is 1. The average Bonchev–Trinajstić information content (AvgIpc) is 3.13. The van der Waals surface area contributed by atoms with Gasteiger partial charge in [-0.05, 0) is 53.4 Å². The average molecular weight is 506 g/mol. The molecule has 2 aromatic carbocycles. The van der Waals surface area contributed by atoms with Gasteiger partial charge in [0.15, 0.2) is 5.11 Å². The van der Waals surface area contributed by atoms with Crippen LogP contribution in [0.4, 0.5) is 5.69 Å². The Morgan fingerprint density at radius 1 is 1.15 bits per heavy atom. The number of benzene rings is 2. The van der Waals surface area contributed by atoms with Gasteiger partial charge in [0.05, 0.1) is 22.1 Å². The Labute approximate surface area is 245 Å². The second-order valence-electron chi connectivity index (χ2n) is 8.29. The second kappa shape index (κ2) is 11.7. The van der Waals surface area contributed by atoms with E-state index >= 15 is 0 Å². The molecule has 0 aliphatic rings. The van der Waals surface area contributed by atoms with Crippen molar-refractivity contribution < 1.29 is 66.4 Å². The molecule has 0 atom stereocenters. The number of hydrogen-bond acceptors (Lipinski definition) is 6. The molecule has 0 aliphatic heterocycles. The maximum Gasteiger partial charge on any atom is 1.00 e. The minimum atomic E-state index is -1.27. The van der Waals surface area contributed by atoms with Crippen molar-refractivity contribution in [2.45, 2.75) is 33.1 Å². The monoisotopic (exact) mass is 505 g/mol. The van der Waals surface area contributed by atoms with Crippen LogP contribution in [0.2, 0.25) is 0 Å². The van der Waals surface area contributed by atoms with Crippen LogP contribution in [0.25, 0.3) is 10.4 Å². The molecule has 0 aliphatic carbocycles. The van der Waals surface area contributed by atoms with E-state index in [1.165, 1.54) is 29.0 Å². The van der Waals surface area contributed by atoms with Gasteiger partial charge in [-0.25, -0.2) is 0 Å². The number of carboxylic acid groups (broad SMARTS) is 1. The predicted molar refractivity (Wildman–Crippen MR) is 132 cm³/mol. The molecule has 0 spiro atoms. The molecule has 1 aromatic heterocycles. The molecule has 0 saturated carbocycles. The van der Waals surface area contributed by atoms with Crippen molar-refractivity contribution in [1.82, 2.24) is 5.43 Å². The molecule has 9 heteroatoms. The molecule has 0 radical (unpaired) electrons. The first-order chi connectivity index (χ1) is 15.1. The molecule has 33 heavy (non-hydrogen) atoms. The number of thiocarbonyl (C=S) groups is 1. The van der Waals surface area contributed by atoms with Crippen molar-refractivity contribution in [3.8, 4) is 16.2 Å². The number of hydrazone groups is 1. The molecular formula is C24H24KN3O3S2. The van der Waals surface area contributed by atoms with E-state index in [-0.39, 0.29) is 73.2 Å². The molecule has 166 valence electrons. The van der Waals surface area contributed by atoms with Crippen LogP contribution in [0.1, 0.15) is 49.2 Å². The van der Waals surface area contributed by atoms with Crippen molar-refractivity contribution in [3.63, 3.8) is 0 Å². The topological polar surface area (TPSA) is 96.8 Å². The molecular weight excluding hydrogens is 482 g/mol. The molecule has 1 heterocycles. The van der Waals surface area contributed by atoms with Gasteiger partial charge in [0, 0.05) is 11.1 Å². The summed E-state index contributed by atoms with van der Waals surface area (Å²) in [5, 5.41) is 30.9. The van der Waals surface area contributed by atoms with Gasteiger partial charge in [-0.15, -0.1) is 11.3 Å². The van der Waals surface area contributed by atoms with Gasteiger partial charge in [-0.2, -0.15) is 5.10 Å². The third-order valence-corrected chi connectivity index (χ3v) is 6.06. The maximum absolute atomic E-state index is 11.0. The number of nitrogens with zero attached hydrogens (tertiary/aromatic N) is 1. The predicted octanol–water partition coefficient (Wildman–Crippen LogP) is 1.50. The van der Waals surface area contributed by atoms with E-state index in [9.17, 15) is 15.0 Å². The number of nitrogens with one attached hydrogen (secondary N) is 2. The Hall–Kier alpha value is -1.59. The fourth-order valence-electron chi connectivity index (χ4n) is 3.01. The van der Waals surface area contributed by atoms with Gasteiger partial charge < -0.3 is 20.3 Å². The Morgan fingerprint density at radius 3 is 2.42 bits per heavy atom. The van der Waals surface area contributed by atoms with Gasteiger partial charge in [0.25, 0.3) is 0 Å². The Kier molecular flexibility index (Phi) is 9.80. The summed E-state index contributed by atoms with van der Waals surface area (Å²) >= 11 is 6.66. The SMILES string of the molecule is C/C(=N\NC(=S)Nc1cccc(C(=O)[O-])c1)c1csc(-c2ccc(C(C)(C)C)cc2)c1O.[K+]. The number of carbonyl (C=O) groups is 1. The number of anilines is 1. The molecule has 0 amide bonds. The maximum atomic E-state index is 11.0.